The average molecular weight is 484 g/mol. The molecule has 4 rings (SSSR count). The summed E-state index contributed by atoms with van der Waals surface area (Å²) in [7, 11) is 0. The Balaban J connectivity index is 1.52. The largest absolute Gasteiger partial charge is 0.491 e. The van der Waals surface area contributed by atoms with Crippen molar-refractivity contribution in [1.29, 1.82) is 0 Å². The predicted octanol–water partition coefficient (Wildman–Crippen LogP) is 3.20. The van der Waals surface area contributed by atoms with E-state index in [1.165, 1.54) is 5.56 Å². The van der Waals surface area contributed by atoms with Gasteiger partial charge in [-0.1, -0.05) is 48.0 Å². The second kappa shape index (κ2) is 11.6. The maximum absolute atomic E-state index is 10.8. The lowest BCUT2D eigenvalue weighted by Gasteiger charge is -2.44. The van der Waals surface area contributed by atoms with Crippen molar-refractivity contribution in [2.75, 3.05) is 44.3 Å². The number of anilines is 1. The van der Waals surface area contributed by atoms with Gasteiger partial charge in [0.2, 0.25) is 0 Å². The fraction of sp³-hybridized carbons (Fsp3) is 0.346. The Morgan fingerprint density at radius 2 is 1.88 bits per heavy atom. The number of nitrogens with zero attached hydrogens (tertiary/aromatic N) is 3. The van der Waals surface area contributed by atoms with Gasteiger partial charge in [-0.3, -0.25) is 9.88 Å². The predicted molar refractivity (Wildman–Crippen MR) is 132 cm³/mol. The lowest BCUT2D eigenvalue weighted by molar-refractivity contribution is 0.100. The molecule has 0 radical (unpaired) electrons. The van der Waals surface area contributed by atoms with Crippen LogP contribution in [0.15, 0.2) is 66.9 Å². The fourth-order valence-corrected chi connectivity index (χ4v) is 4.58. The summed E-state index contributed by atoms with van der Waals surface area (Å²) in [6.45, 7) is 2.77. The maximum Gasteiger partial charge on any atom is 0.121 e. The van der Waals surface area contributed by atoms with Gasteiger partial charge in [0.15, 0.2) is 0 Å². The molecule has 3 N–H and O–H groups in total. The second-order valence-corrected chi connectivity index (χ2v) is 8.73. The van der Waals surface area contributed by atoms with Gasteiger partial charge in [-0.15, -0.1) is 0 Å². The van der Waals surface area contributed by atoms with Gasteiger partial charge in [-0.2, -0.15) is 0 Å². The summed E-state index contributed by atoms with van der Waals surface area (Å²) in [5.41, 5.74) is 3.42. The van der Waals surface area contributed by atoms with E-state index in [-0.39, 0.29) is 25.9 Å². The molecule has 1 aliphatic heterocycles. The Hall–Kier alpha value is -2.68. The minimum Gasteiger partial charge on any atom is -0.491 e. The van der Waals surface area contributed by atoms with Gasteiger partial charge in [0, 0.05) is 44.0 Å². The highest BCUT2D eigenvalue weighted by Gasteiger charge is 2.30. The molecule has 180 valence electrons. The minimum atomic E-state index is -0.672. The summed E-state index contributed by atoms with van der Waals surface area (Å²) in [5.74, 6) is 0.627. The summed E-state index contributed by atoms with van der Waals surface area (Å²) in [5, 5.41) is 29.6. The van der Waals surface area contributed by atoms with E-state index in [0.717, 1.165) is 30.9 Å². The molecular formula is C26H30ClN3O4. The number of ether oxygens (including phenoxy) is 1. The number of aromatic nitrogens is 1. The van der Waals surface area contributed by atoms with Crippen molar-refractivity contribution in [3.05, 3.63) is 88.7 Å². The van der Waals surface area contributed by atoms with Crippen molar-refractivity contribution in [3.63, 3.8) is 0 Å². The van der Waals surface area contributed by atoms with Gasteiger partial charge in [0.05, 0.1) is 41.8 Å². The van der Waals surface area contributed by atoms with E-state index in [2.05, 4.69) is 26.9 Å². The molecule has 1 aromatic heterocycles. The molecule has 0 aliphatic carbocycles. The summed E-state index contributed by atoms with van der Waals surface area (Å²) in [6, 6.07) is 19.5. The Morgan fingerprint density at radius 1 is 1.06 bits per heavy atom. The van der Waals surface area contributed by atoms with Crippen molar-refractivity contribution in [2.24, 2.45) is 0 Å². The highest BCUT2D eigenvalue weighted by molar-refractivity contribution is 6.33. The SMILES string of the molecule is OCCOc1ccc(N2CCN(CC(O)c3ccc(CO)nc3)C[C@H]2c2ccccc2)c(Cl)c1. The lowest BCUT2D eigenvalue weighted by Crippen LogP contribution is -2.49. The van der Waals surface area contributed by atoms with Crippen LogP contribution in [-0.4, -0.2) is 64.6 Å². The zero-order valence-corrected chi connectivity index (χ0v) is 19.7. The number of benzene rings is 2. The standard InChI is InChI=1S/C26H30ClN3O4/c27-23-14-22(34-13-12-31)8-9-24(23)30-11-10-29(16-25(30)19-4-2-1-3-5-19)17-26(33)20-6-7-21(18-32)28-15-20/h1-9,14-15,25-26,31-33H,10-13,16-18H2/t25-,26?/m0/s1. The fourth-order valence-electron chi connectivity index (χ4n) is 4.30. The van der Waals surface area contributed by atoms with Crippen LogP contribution in [0.4, 0.5) is 5.69 Å². The van der Waals surface area contributed by atoms with Crippen LogP contribution < -0.4 is 9.64 Å². The Kier molecular flexibility index (Phi) is 8.37. The Labute approximate surface area is 204 Å². The first-order valence-corrected chi connectivity index (χ1v) is 11.8. The molecule has 3 aromatic rings. The van der Waals surface area contributed by atoms with Gasteiger partial charge < -0.3 is 25.0 Å². The minimum absolute atomic E-state index is 0.0507. The summed E-state index contributed by atoms with van der Waals surface area (Å²) < 4.78 is 5.50. The van der Waals surface area contributed by atoms with Crippen molar-refractivity contribution >= 4 is 17.3 Å². The molecule has 2 atom stereocenters. The number of aliphatic hydroxyl groups is 3. The topological polar surface area (TPSA) is 89.3 Å². The van der Waals surface area contributed by atoms with Crippen LogP contribution in [0.2, 0.25) is 5.02 Å². The molecule has 34 heavy (non-hydrogen) atoms. The number of hydrogen-bond acceptors (Lipinski definition) is 7. The summed E-state index contributed by atoms with van der Waals surface area (Å²) >= 11 is 6.66. The van der Waals surface area contributed by atoms with Crippen molar-refractivity contribution in [2.45, 2.75) is 18.8 Å². The third-order valence-electron chi connectivity index (χ3n) is 6.06. The van der Waals surface area contributed by atoms with E-state index in [1.807, 2.05) is 36.4 Å². The molecular weight excluding hydrogens is 454 g/mol. The van der Waals surface area contributed by atoms with Crippen LogP contribution >= 0.6 is 11.6 Å². The number of aliphatic hydroxyl groups excluding tert-OH is 3. The van der Waals surface area contributed by atoms with Crippen LogP contribution in [0, 0.1) is 0 Å². The first-order chi connectivity index (χ1) is 16.6. The molecule has 2 aromatic carbocycles. The number of pyridine rings is 1. The zero-order valence-electron chi connectivity index (χ0n) is 18.9. The lowest BCUT2D eigenvalue weighted by atomic mass is 10.0. The van der Waals surface area contributed by atoms with Crippen LogP contribution in [-0.2, 0) is 6.61 Å². The van der Waals surface area contributed by atoms with Crippen LogP contribution in [0.3, 0.4) is 0 Å². The van der Waals surface area contributed by atoms with E-state index in [4.69, 9.17) is 21.4 Å². The smallest absolute Gasteiger partial charge is 0.121 e. The van der Waals surface area contributed by atoms with Crippen LogP contribution in [0.25, 0.3) is 0 Å². The summed E-state index contributed by atoms with van der Waals surface area (Å²) in [6.07, 6.45) is 0.955. The van der Waals surface area contributed by atoms with E-state index in [1.54, 1.807) is 18.3 Å². The molecule has 8 heteroatoms. The van der Waals surface area contributed by atoms with E-state index in [9.17, 15) is 10.2 Å². The molecule has 1 unspecified atom stereocenters. The third kappa shape index (κ3) is 5.87. The van der Waals surface area contributed by atoms with Gasteiger partial charge >= 0.3 is 0 Å². The number of rotatable bonds is 9. The first kappa shape index (κ1) is 24.4. The van der Waals surface area contributed by atoms with Crippen molar-refractivity contribution < 1.29 is 20.1 Å². The molecule has 1 aliphatic rings. The van der Waals surface area contributed by atoms with Gasteiger partial charge in [0.25, 0.3) is 0 Å². The molecule has 1 fully saturated rings. The molecule has 1 saturated heterocycles. The first-order valence-electron chi connectivity index (χ1n) is 11.4. The Morgan fingerprint density at radius 3 is 2.56 bits per heavy atom. The average Bonchev–Trinajstić information content (AvgIpc) is 2.88. The maximum atomic E-state index is 10.8. The number of hydrogen-bond donors (Lipinski definition) is 3. The summed E-state index contributed by atoms with van der Waals surface area (Å²) in [4.78, 5) is 8.74. The highest BCUT2D eigenvalue weighted by atomic mass is 35.5. The van der Waals surface area contributed by atoms with E-state index >= 15 is 0 Å². The molecule has 0 spiro atoms. The number of β-amino-alcohol motifs (C(OH)–C–C–N with tert-alkyl or cyclic N) is 1. The Bertz CT molecular complexity index is 1050. The van der Waals surface area contributed by atoms with Gasteiger partial charge in [0.1, 0.15) is 12.4 Å². The molecule has 2 heterocycles. The highest BCUT2D eigenvalue weighted by Crippen LogP contribution is 2.37. The monoisotopic (exact) mass is 483 g/mol. The second-order valence-electron chi connectivity index (χ2n) is 8.32. The van der Waals surface area contributed by atoms with E-state index in [0.29, 0.717) is 23.0 Å². The quantitative estimate of drug-likeness (QED) is 0.430. The third-order valence-corrected chi connectivity index (χ3v) is 6.37. The molecule has 0 amide bonds. The molecule has 0 saturated carbocycles. The van der Waals surface area contributed by atoms with Gasteiger partial charge in [-0.25, -0.2) is 0 Å². The van der Waals surface area contributed by atoms with Crippen LogP contribution in [0.5, 0.6) is 5.75 Å². The zero-order chi connectivity index (χ0) is 23.9. The van der Waals surface area contributed by atoms with Crippen LogP contribution in [0.1, 0.15) is 29.0 Å². The van der Waals surface area contributed by atoms with Crippen molar-refractivity contribution in [1.82, 2.24) is 9.88 Å². The molecule has 0 bridgehead atoms. The normalized spacial score (nSPS) is 17.5. The number of piperazine rings is 1. The van der Waals surface area contributed by atoms with E-state index < -0.39 is 6.10 Å². The van der Waals surface area contributed by atoms with Crippen molar-refractivity contribution in [3.8, 4) is 5.75 Å². The number of halogens is 1. The van der Waals surface area contributed by atoms with Gasteiger partial charge in [-0.05, 0) is 23.8 Å². The molecule has 7 nitrogen and oxygen atoms in total.